The van der Waals surface area contributed by atoms with Gasteiger partial charge in [-0.25, -0.2) is 4.79 Å². The number of rotatable bonds is 3. The molecular weight excluding hydrogens is 283 g/mol. The predicted octanol–water partition coefficient (Wildman–Crippen LogP) is 0.326. The molecule has 1 unspecified atom stereocenters. The molecule has 0 saturated heterocycles. The SMILES string of the molecule is CN.NC(=O)C(O)(C(=O)O)c1ccc(Cl)c(Cl)c1. The van der Waals surface area contributed by atoms with Crippen LogP contribution in [-0.4, -0.2) is 29.1 Å². The second-order valence-corrected chi connectivity index (χ2v) is 3.82. The number of amides is 1. The molecule has 6 nitrogen and oxygen atoms in total. The van der Waals surface area contributed by atoms with E-state index in [9.17, 15) is 14.7 Å². The lowest BCUT2D eigenvalue weighted by molar-refractivity contribution is -0.166. The summed E-state index contributed by atoms with van der Waals surface area (Å²) in [7, 11) is 1.50. The lowest BCUT2D eigenvalue weighted by Crippen LogP contribution is -2.47. The monoisotopic (exact) mass is 294 g/mol. The molecule has 0 spiro atoms. The summed E-state index contributed by atoms with van der Waals surface area (Å²) in [5.74, 6) is -3.18. The lowest BCUT2D eigenvalue weighted by atomic mass is 9.93. The van der Waals surface area contributed by atoms with Crippen molar-refractivity contribution in [2.75, 3.05) is 7.05 Å². The first-order valence-electron chi connectivity index (χ1n) is 4.59. The van der Waals surface area contributed by atoms with Crippen molar-refractivity contribution in [3.05, 3.63) is 33.8 Å². The van der Waals surface area contributed by atoms with Gasteiger partial charge in [0.2, 0.25) is 0 Å². The molecule has 0 radical (unpaired) electrons. The van der Waals surface area contributed by atoms with Crippen molar-refractivity contribution in [2.45, 2.75) is 5.60 Å². The number of hydrogen-bond donors (Lipinski definition) is 4. The highest BCUT2D eigenvalue weighted by Gasteiger charge is 2.44. The van der Waals surface area contributed by atoms with Crippen LogP contribution in [0.5, 0.6) is 0 Å². The minimum atomic E-state index is -2.81. The third-order valence-electron chi connectivity index (χ3n) is 2.00. The maximum atomic E-state index is 11.0. The minimum Gasteiger partial charge on any atom is -0.478 e. The Kier molecular flexibility index (Phi) is 6.07. The van der Waals surface area contributed by atoms with Crippen molar-refractivity contribution in [1.29, 1.82) is 0 Å². The van der Waals surface area contributed by atoms with Gasteiger partial charge in [-0.15, -0.1) is 0 Å². The molecule has 8 heteroatoms. The molecule has 0 bridgehead atoms. The van der Waals surface area contributed by atoms with Gasteiger partial charge in [0.1, 0.15) is 0 Å². The van der Waals surface area contributed by atoms with Gasteiger partial charge < -0.3 is 21.7 Å². The van der Waals surface area contributed by atoms with E-state index in [2.05, 4.69) is 5.73 Å². The second-order valence-electron chi connectivity index (χ2n) is 3.01. The van der Waals surface area contributed by atoms with Gasteiger partial charge in [0.15, 0.2) is 0 Å². The van der Waals surface area contributed by atoms with E-state index < -0.39 is 17.5 Å². The van der Waals surface area contributed by atoms with Crippen LogP contribution in [0.3, 0.4) is 0 Å². The molecule has 0 aromatic heterocycles. The van der Waals surface area contributed by atoms with E-state index in [-0.39, 0.29) is 15.6 Å². The Labute approximate surface area is 113 Å². The number of aliphatic hydroxyl groups is 1. The van der Waals surface area contributed by atoms with E-state index in [1.54, 1.807) is 0 Å². The van der Waals surface area contributed by atoms with E-state index in [0.29, 0.717) is 0 Å². The van der Waals surface area contributed by atoms with Crippen LogP contribution in [0.4, 0.5) is 0 Å². The summed E-state index contributed by atoms with van der Waals surface area (Å²) >= 11 is 11.3. The van der Waals surface area contributed by atoms with Crippen LogP contribution in [0.15, 0.2) is 18.2 Å². The molecule has 1 aromatic carbocycles. The van der Waals surface area contributed by atoms with E-state index >= 15 is 0 Å². The lowest BCUT2D eigenvalue weighted by Gasteiger charge is -2.20. The van der Waals surface area contributed by atoms with Gasteiger partial charge in [-0.2, -0.15) is 0 Å². The van der Waals surface area contributed by atoms with Crippen molar-refractivity contribution >= 4 is 35.1 Å². The maximum absolute atomic E-state index is 11.0. The van der Waals surface area contributed by atoms with Gasteiger partial charge in [0.25, 0.3) is 11.5 Å². The number of carboxylic acids is 1. The van der Waals surface area contributed by atoms with Gasteiger partial charge in [-0.3, -0.25) is 4.79 Å². The van der Waals surface area contributed by atoms with E-state index in [0.717, 1.165) is 12.1 Å². The largest absolute Gasteiger partial charge is 0.478 e. The minimum absolute atomic E-state index is 0.0140. The molecule has 0 heterocycles. The number of carbonyl (C=O) groups excluding carboxylic acids is 1. The number of nitrogens with two attached hydrogens (primary N) is 2. The molecule has 100 valence electrons. The second kappa shape index (κ2) is 6.55. The smallest absolute Gasteiger partial charge is 0.350 e. The number of aliphatic carboxylic acids is 1. The van der Waals surface area contributed by atoms with Crippen LogP contribution in [-0.2, 0) is 15.2 Å². The summed E-state index contributed by atoms with van der Waals surface area (Å²) in [6, 6.07) is 3.49. The predicted molar refractivity (Wildman–Crippen MR) is 67.3 cm³/mol. The van der Waals surface area contributed by atoms with Crippen molar-refractivity contribution in [2.24, 2.45) is 11.5 Å². The number of carbonyl (C=O) groups is 2. The molecule has 1 amide bonds. The molecule has 0 aliphatic heterocycles. The van der Waals surface area contributed by atoms with Crippen LogP contribution in [0.1, 0.15) is 5.56 Å². The van der Waals surface area contributed by atoms with E-state index in [4.69, 9.17) is 34.0 Å². The van der Waals surface area contributed by atoms with Crippen molar-refractivity contribution < 1.29 is 19.8 Å². The van der Waals surface area contributed by atoms with Gasteiger partial charge in [-0.1, -0.05) is 29.3 Å². The molecule has 18 heavy (non-hydrogen) atoms. The Morgan fingerprint density at radius 2 is 1.72 bits per heavy atom. The number of primary amides is 1. The molecule has 1 atom stereocenters. The zero-order valence-electron chi connectivity index (χ0n) is 9.35. The van der Waals surface area contributed by atoms with Crippen molar-refractivity contribution in [1.82, 2.24) is 0 Å². The first-order valence-corrected chi connectivity index (χ1v) is 5.34. The van der Waals surface area contributed by atoms with Crippen LogP contribution in [0.2, 0.25) is 10.0 Å². The van der Waals surface area contributed by atoms with Crippen LogP contribution in [0, 0.1) is 0 Å². The molecule has 0 aliphatic rings. The zero-order chi connectivity index (χ0) is 14.5. The summed E-state index contributed by atoms with van der Waals surface area (Å²) in [6.07, 6.45) is 0. The number of carboxylic acid groups (broad SMARTS) is 1. The molecule has 6 N–H and O–H groups in total. The summed E-state index contributed by atoms with van der Waals surface area (Å²) in [5, 5.41) is 18.6. The number of benzene rings is 1. The molecule has 0 aliphatic carbocycles. The van der Waals surface area contributed by atoms with Crippen molar-refractivity contribution in [3.63, 3.8) is 0 Å². The van der Waals surface area contributed by atoms with E-state index in [1.807, 2.05) is 0 Å². The third kappa shape index (κ3) is 3.11. The highest BCUT2D eigenvalue weighted by atomic mass is 35.5. The maximum Gasteiger partial charge on any atom is 0.350 e. The average Bonchev–Trinajstić information content (AvgIpc) is 2.33. The summed E-state index contributed by atoms with van der Waals surface area (Å²) in [4.78, 5) is 21.8. The molecule has 0 saturated carbocycles. The summed E-state index contributed by atoms with van der Waals surface area (Å²) < 4.78 is 0. The van der Waals surface area contributed by atoms with Gasteiger partial charge in [-0.05, 0) is 19.2 Å². The fourth-order valence-electron chi connectivity index (χ4n) is 1.09. The normalized spacial score (nSPS) is 12.9. The zero-order valence-corrected chi connectivity index (χ0v) is 10.9. The molecular formula is C10H12Cl2N2O4. The Hall–Kier alpha value is -1.34. The molecule has 1 aromatic rings. The average molecular weight is 295 g/mol. The van der Waals surface area contributed by atoms with Crippen LogP contribution < -0.4 is 11.5 Å². The molecule has 1 rings (SSSR count). The number of halogens is 2. The first kappa shape index (κ1) is 16.7. The number of hydrogen-bond acceptors (Lipinski definition) is 4. The van der Waals surface area contributed by atoms with Gasteiger partial charge >= 0.3 is 5.97 Å². The topological polar surface area (TPSA) is 127 Å². The summed E-state index contributed by atoms with van der Waals surface area (Å²) in [6.45, 7) is 0. The Bertz CT molecular complexity index is 451. The van der Waals surface area contributed by atoms with Crippen molar-refractivity contribution in [3.8, 4) is 0 Å². The Morgan fingerprint density at radius 3 is 2.06 bits per heavy atom. The fourth-order valence-corrected chi connectivity index (χ4v) is 1.39. The van der Waals surface area contributed by atoms with Gasteiger partial charge in [0.05, 0.1) is 10.0 Å². The quantitative estimate of drug-likeness (QED) is 0.597. The highest BCUT2D eigenvalue weighted by Crippen LogP contribution is 2.28. The summed E-state index contributed by atoms with van der Waals surface area (Å²) in [5.41, 5.74) is 6.29. The Balaban J connectivity index is 0.00000137. The van der Waals surface area contributed by atoms with Crippen LogP contribution in [0.25, 0.3) is 0 Å². The standard InChI is InChI=1S/C9H7Cl2NO4.CH5N/c10-5-2-1-4(3-6(5)11)9(16,7(12)13)8(14)15;1-2/h1-3,16H,(H2,12,13)(H,14,15);2H2,1H3. The van der Waals surface area contributed by atoms with E-state index in [1.165, 1.54) is 13.1 Å². The highest BCUT2D eigenvalue weighted by molar-refractivity contribution is 6.42. The fraction of sp³-hybridized carbons (Fsp3) is 0.200. The van der Waals surface area contributed by atoms with Crippen LogP contribution >= 0.6 is 23.2 Å². The van der Waals surface area contributed by atoms with Gasteiger partial charge in [0, 0.05) is 5.56 Å². The third-order valence-corrected chi connectivity index (χ3v) is 2.74. The first-order chi connectivity index (χ1) is 8.30. The molecule has 0 fully saturated rings. The Morgan fingerprint density at radius 1 is 1.22 bits per heavy atom.